The Bertz CT molecular complexity index is 398. The van der Waals surface area contributed by atoms with Crippen molar-refractivity contribution in [2.45, 2.75) is 40.7 Å². The van der Waals surface area contributed by atoms with Gasteiger partial charge in [0.15, 0.2) is 0 Å². The Kier molecular flexibility index (Phi) is 5.02. The molecule has 1 aromatic rings. The van der Waals surface area contributed by atoms with E-state index in [-0.39, 0.29) is 0 Å². The molecule has 1 aromatic carbocycles. The van der Waals surface area contributed by atoms with Crippen molar-refractivity contribution >= 4 is 0 Å². The summed E-state index contributed by atoms with van der Waals surface area (Å²) in [5.74, 6) is 0. The Morgan fingerprint density at radius 3 is 2.35 bits per heavy atom. The summed E-state index contributed by atoms with van der Waals surface area (Å²) >= 11 is 0. The molecule has 0 spiro atoms. The molecule has 92 valence electrons. The second kappa shape index (κ2) is 6.29. The van der Waals surface area contributed by atoms with Crippen LogP contribution in [-0.4, -0.2) is 4.90 Å². The molecule has 0 aromatic heterocycles. The molecule has 0 radical (unpaired) electrons. The second-order valence-electron chi connectivity index (χ2n) is 4.42. The van der Waals surface area contributed by atoms with Crippen molar-refractivity contribution in [1.82, 2.24) is 4.90 Å². The summed E-state index contributed by atoms with van der Waals surface area (Å²) in [5.41, 5.74) is 5.06. The van der Waals surface area contributed by atoms with Crippen molar-refractivity contribution in [3.63, 3.8) is 0 Å². The molecule has 0 atom stereocenters. The number of hydrogen-bond acceptors (Lipinski definition) is 1. The molecule has 0 saturated heterocycles. The first-order valence-corrected chi connectivity index (χ1v) is 6.22. The van der Waals surface area contributed by atoms with Crippen LogP contribution in [0.2, 0.25) is 0 Å². The Balaban J connectivity index is 2.86. The van der Waals surface area contributed by atoms with Crippen LogP contribution in [0.4, 0.5) is 0 Å². The summed E-state index contributed by atoms with van der Waals surface area (Å²) in [6, 6.07) is 8.70. The molecule has 0 unspecified atom stereocenters. The van der Waals surface area contributed by atoms with E-state index in [0.717, 1.165) is 13.0 Å². The molecule has 1 heteroatoms. The topological polar surface area (TPSA) is 3.24 Å². The zero-order chi connectivity index (χ0) is 12.8. The highest BCUT2D eigenvalue weighted by molar-refractivity contribution is 5.23. The van der Waals surface area contributed by atoms with Gasteiger partial charge in [-0.25, -0.2) is 0 Å². The van der Waals surface area contributed by atoms with E-state index in [1.165, 1.54) is 22.5 Å². The van der Waals surface area contributed by atoms with Gasteiger partial charge in [-0.1, -0.05) is 49.4 Å². The Labute approximate surface area is 105 Å². The minimum atomic E-state index is 0.906. The van der Waals surface area contributed by atoms with Crippen LogP contribution in [0.3, 0.4) is 0 Å². The Morgan fingerprint density at radius 2 is 1.88 bits per heavy atom. The average Bonchev–Trinajstić information content (AvgIpc) is 2.36. The van der Waals surface area contributed by atoms with Crippen LogP contribution in [0.15, 0.2) is 48.3 Å². The first-order chi connectivity index (χ1) is 8.08. The first-order valence-electron chi connectivity index (χ1n) is 6.22. The van der Waals surface area contributed by atoms with E-state index in [0.29, 0.717) is 0 Å². The smallest absolute Gasteiger partial charge is 0.0474 e. The van der Waals surface area contributed by atoms with E-state index in [4.69, 9.17) is 0 Å². The van der Waals surface area contributed by atoms with Crippen LogP contribution in [0.5, 0.6) is 0 Å². The maximum Gasteiger partial charge on any atom is 0.0474 e. The van der Waals surface area contributed by atoms with Gasteiger partial charge in [0.1, 0.15) is 0 Å². The van der Waals surface area contributed by atoms with Crippen molar-refractivity contribution < 1.29 is 0 Å². The monoisotopic (exact) mass is 229 g/mol. The van der Waals surface area contributed by atoms with Gasteiger partial charge >= 0.3 is 0 Å². The number of hydrogen-bond donors (Lipinski definition) is 0. The highest BCUT2D eigenvalue weighted by Gasteiger charge is 2.08. The fourth-order valence-corrected chi connectivity index (χ4v) is 1.71. The fraction of sp³-hybridized carbons (Fsp3) is 0.375. The minimum absolute atomic E-state index is 0.906. The molecule has 0 heterocycles. The molecule has 0 bridgehead atoms. The lowest BCUT2D eigenvalue weighted by Gasteiger charge is -2.27. The molecule has 0 fully saturated rings. The number of nitrogens with zero attached hydrogens (tertiary/aromatic N) is 1. The molecule has 0 aliphatic carbocycles. The summed E-state index contributed by atoms with van der Waals surface area (Å²) in [6.45, 7) is 13.5. The van der Waals surface area contributed by atoms with Crippen LogP contribution < -0.4 is 0 Å². The lowest BCUT2D eigenvalue weighted by Crippen LogP contribution is -2.19. The van der Waals surface area contributed by atoms with Crippen molar-refractivity contribution in [2.24, 2.45) is 0 Å². The predicted octanol–water partition coefficient (Wildman–Crippen LogP) is 4.64. The first kappa shape index (κ1) is 13.6. The number of allylic oxidation sites excluding steroid dienone is 3. The Hall–Kier alpha value is -1.50. The molecule has 1 nitrogen and oxygen atoms in total. The zero-order valence-electron chi connectivity index (χ0n) is 11.5. The van der Waals surface area contributed by atoms with Crippen molar-refractivity contribution in [2.75, 3.05) is 0 Å². The summed E-state index contributed by atoms with van der Waals surface area (Å²) in [6.07, 6.45) is 3.12. The number of rotatable bonds is 5. The number of benzene rings is 1. The second-order valence-corrected chi connectivity index (χ2v) is 4.42. The standard InChI is InChI=1S/C16H23N/c1-6-14(4)17(15(5)7-2)12-16-10-8-13(3)9-11-16/h7-11H,4,6,12H2,1-3,5H3/b15-7-. The van der Waals surface area contributed by atoms with Gasteiger partial charge in [0.05, 0.1) is 0 Å². The molecular weight excluding hydrogens is 206 g/mol. The van der Waals surface area contributed by atoms with E-state index < -0.39 is 0 Å². The molecule has 0 aliphatic rings. The van der Waals surface area contributed by atoms with E-state index in [9.17, 15) is 0 Å². The minimum Gasteiger partial charge on any atom is -0.345 e. The highest BCUT2D eigenvalue weighted by atomic mass is 15.1. The fourth-order valence-electron chi connectivity index (χ4n) is 1.71. The van der Waals surface area contributed by atoms with Gasteiger partial charge in [0.2, 0.25) is 0 Å². The van der Waals surface area contributed by atoms with Crippen LogP contribution >= 0.6 is 0 Å². The maximum absolute atomic E-state index is 4.14. The zero-order valence-corrected chi connectivity index (χ0v) is 11.5. The van der Waals surface area contributed by atoms with Gasteiger partial charge in [0, 0.05) is 17.9 Å². The van der Waals surface area contributed by atoms with Crippen molar-refractivity contribution in [1.29, 1.82) is 0 Å². The van der Waals surface area contributed by atoms with E-state index in [1.54, 1.807) is 0 Å². The quantitative estimate of drug-likeness (QED) is 0.710. The third kappa shape index (κ3) is 3.77. The molecule has 1 rings (SSSR count). The Morgan fingerprint density at radius 1 is 1.29 bits per heavy atom. The molecule has 0 amide bonds. The molecule has 0 aliphatic heterocycles. The van der Waals surface area contributed by atoms with Gasteiger partial charge < -0.3 is 4.90 Å². The van der Waals surface area contributed by atoms with Crippen LogP contribution in [-0.2, 0) is 6.54 Å². The summed E-state index contributed by atoms with van der Waals surface area (Å²) in [5, 5.41) is 0. The van der Waals surface area contributed by atoms with E-state index in [2.05, 4.69) is 69.5 Å². The third-order valence-corrected chi connectivity index (χ3v) is 3.09. The van der Waals surface area contributed by atoms with E-state index in [1.807, 2.05) is 0 Å². The average molecular weight is 229 g/mol. The summed E-state index contributed by atoms with van der Waals surface area (Å²) in [4.78, 5) is 2.28. The van der Waals surface area contributed by atoms with E-state index >= 15 is 0 Å². The molecular formula is C16H23N. The van der Waals surface area contributed by atoms with Gasteiger partial charge in [0.25, 0.3) is 0 Å². The summed E-state index contributed by atoms with van der Waals surface area (Å²) in [7, 11) is 0. The predicted molar refractivity (Wildman–Crippen MR) is 75.6 cm³/mol. The summed E-state index contributed by atoms with van der Waals surface area (Å²) < 4.78 is 0. The van der Waals surface area contributed by atoms with Crippen molar-refractivity contribution in [3.8, 4) is 0 Å². The molecule has 0 saturated carbocycles. The number of aryl methyl sites for hydroxylation is 1. The van der Waals surface area contributed by atoms with Gasteiger partial charge in [-0.3, -0.25) is 0 Å². The van der Waals surface area contributed by atoms with Crippen LogP contribution in [0, 0.1) is 6.92 Å². The lowest BCUT2D eigenvalue weighted by molar-refractivity contribution is 0.410. The highest BCUT2D eigenvalue weighted by Crippen LogP contribution is 2.18. The van der Waals surface area contributed by atoms with Crippen LogP contribution in [0.25, 0.3) is 0 Å². The largest absolute Gasteiger partial charge is 0.345 e. The molecule has 0 N–H and O–H groups in total. The van der Waals surface area contributed by atoms with Gasteiger partial charge in [-0.2, -0.15) is 0 Å². The normalized spacial score (nSPS) is 11.4. The van der Waals surface area contributed by atoms with Crippen LogP contribution in [0.1, 0.15) is 38.3 Å². The SMILES string of the molecule is C=C(CC)N(Cc1ccc(C)cc1)/C(C)=C\C. The lowest BCUT2D eigenvalue weighted by atomic mass is 10.1. The third-order valence-electron chi connectivity index (χ3n) is 3.09. The van der Waals surface area contributed by atoms with Crippen molar-refractivity contribution in [3.05, 3.63) is 59.4 Å². The van der Waals surface area contributed by atoms with Gasteiger partial charge in [-0.15, -0.1) is 0 Å². The van der Waals surface area contributed by atoms with Gasteiger partial charge in [-0.05, 0) is 32.8 Å². The maximum atomic E-state index is 4.14. The molecule has 17 heavy (non-hydrogen) atoms.